The zero-order valence-corrected chi connectivity index (χ0v) is 14.4. The highest BCUT2D eigenvalue weighted by atomic mass is 127. The van der Waals surface area contributed by atoms with E-state index in [-0.39, 0.29) is 11.2 Å². The quantitative estimate of drug-likeness (QED) is 0.720. The Bertz CT molecular complexity index is 746. The van der Waals surface area contributed by atoms with Gasteiger partial charge in [-0.05, 0) is 51.3 Å². The van der Waals surface area contributed by atoms with Gasteiger partial charge in [0.25, 0.3) is 0 Å². The van der Waals surface area contributed by atoms with E-state index in [1.165, 1.54) is 14.3 Å². The van der Waals surface area contributed by atoms with Crippen LogP contribution in [0.2, 0.25) is 0 Å². The maximum atomic E-state index is 11.9. The molecule has 2 aromatic rings. The Morgan fingerprint density at radius 3 is 2.62 bits per heavy atom. The lowest BCUT2D eigenvalue weighted by molar-refractivity contribution is -0.117. The first kappa shape index (κ1) is 14.6. The van der Waals surface area contributed by atoms with Gasteiger partial charge in [-0.2, -0.15) is 0 Å². The Morgan fingerprint density at radius 1 is 1.10 bits per heavy atom. The molecule has 0 unspecified atom stereocenters. The lowest BCUT2D eigenvalue weighted by Crippen LogP contribution is -2.24. The summed E-state index contributed by atoms with van der Waals surface area (Å²) in [6.45, 7) is 4.29. The smallest absolute Gasteiger partial charge is 0.157 e. The van der Waals surface area contributed by atoms with Crippen molar-refractivity contribution in [3.63, 3.8) is 0 Å². The van der Waals surface area contributed by atoms with Gasteiger partial charge in [0.2, 0.25) is 0 Å². The van der Waals surface area contributed by atoms with Crippen molar-refractivity contribution in [1.29, 1.82) is 0 Å². The Hall–Kier alpha value is -1.36. The van der Waals surface area contributed by atoms with E-state index in [9.17, 15) is 4.79 Å². The lowest BCUT2D eigenvalue weighted by atomic mass is 9.79. The van der Waals surface area contributed by atoms with Crippen molar-refractivity contribution < 1.29 is 4.79 Å². The Kier molecular flexibility index (Phi) is 3.78. The third kappa shape index (κ3) is 3.12. The molecule has 0 aromatic heterocycles. The highest BCUT2D eigenvalue weighted by Gasteiger charge is 2.27. The highest BCUT2D eigenvalue weighted by Crippen LogP contribution is 2.35. The first-order valence-corrected chi connectivity index (χ1v) is 8.20. The zero-order chi connectivity index (χ0) is 15.0. The molecule has 0 saturated carbocycles. The number of nitrogens with one attached hydrogen (secondary N) is 1. The minimum atomic E-state index is 0.0381. The number of ketones is 1. The van der Waals surface area contributed by atoms with E-state index in [1.54, 1.807) is 6.08 Å². The topological polar surface area (TPSA) is 29.1 Å². The summed E-state index contributed by atoms with van der Waals surface area (Å²) in [6, 6.07) is 12.6. The first-order chi connectivity index (χ1) is 9.94. The third-order valence-electron chi connectivity index (χ3n) is 3.82. The van der Waals surface area contributed by atoms with Gasteiger partial charge in [0.1, 0.15) is 0 Å². The summed E-state index contributed by atoms with van der Waals surface area (Å²) in [5.41, 5.74) is 2.13. The normalized spacial score (nSPS) is 17.7. The molecular formula is C18H18INO. The average Bonchev–Trinajstić information content (AvgIpc) is 2.40. The molecule has 0 atom stereocenters. The molecule has 1 aliphatic rings. The van der Waals surface area contributed by atoms with Crippen molar-refractivity contribution in [2.45, 2.75) is 26.7 Å². The molecule has 3 rings (SSSR count). The van der Waals surface area contributed by atoms with Crippen LogP contribution < -0.4 is 5.32 Å². The molecule has 2 nitrogen and oxygen atoms in total. The Balaban J connectivity index is 1.95. The molecule has 0 bridgehead atoms. The standard InChI is InChI=1S/C18H18INO/c1-18(2)10-13(9-14(21)11-18)20-16-8-7-12-5-3-4-6-15(12)17(16)19/h3-9,20H,10-11H2,1-2H3. The first-order valence-electron chi connectivity index (χ1n) is 7.12. The van der Waals surface area contributed by atoms with Crippen LogP contribution in [0.15, 0.2) is 48.2 Å². The molecule has 0 spiro atoms. The van der Waals surface area contributed by atoms with E-state index in [1.807, 2.05) is 0 Å². The number of hydrogen-bond acceptors (Lipinski definition) is 2. The second-order valence-electron chi connectivity index (χ2n) is 6.43. The fraction of sp³-hybridized carbons (Fsp3) is 0.278. The van der Waals surface area contributed by atoms with E-state index in [0.29, 0.717) is 6.42 Å². The van der Waals surface area contributed by atoms with Gasteiger partial charge in [0.05, 0.1) is 5.69 Å². The SMILES string of the molecule is CC1(C)CC(=O)C=C(Nc2ccc3ccccc3c2I)C1. The highest BCUT2D eigenvalue weighted by molar-refractivity contribution is 14.1. The minimum absolute atomic E-state index is 0.0381. The molecule has 3 heteroatoms. The molecule has 108 valence electrons. The van der Waals surface area contributed by atoms with Crippen molar-refractivity contribution in [2.24, 2.45) is 5.41 Å². The second-order valence-corrected chi connectivity index (χ2v) is 7.51. The van der Waals surface area contributed by atoms with E-state index in [2.05, 4.69) is 78.2 Å². The summed E-state index contributed by atoms with van der Waals surface area (Å²) in [5.74, 6) is 0.213. The summed E-state index contributed by atoms with van der Waals surface area (Å²) in [7, 11) is 0. The largest absolute Gasteiger partial charge is 0.358 e. The van der Waals surface area contributed by atoms with Gasteiger partial charge in [-0.3, -0.25) is 4.79 Å². The van der Waals surface area contributed by atoms with Crippen LogP contribution in [0.3, 0.4) is 0 Å². The number of fused-ring (bicyclic) bond motifs is 1. The molecule has 0 fully saturated rings. The van der Waals surface area contributed by atoms with Crippen LogP contribution in [-0.4, -0.2) is 5.78 Å². The molecule has 0 heterocycles. The molecule has 0 amide bonds. The second kappa shape index (κ2) is 5.44. The van der Waals surface area contributed by atoms with Gasteiger partial charge in [-0.1, -0.05) is 44.2 Å². The zero-order valence-electron chi connectivity index (χ0n) is 12.2. The summed E-state index contributed by atoms with van der Waals surface area (Å²) >= 11 is 2.37. The van der Waals surface area contributed by atoms with Crippen LogP contribution in [0.5, 0.6) is 0 Å². The number of hydrogen-bond donors (Lipinski definition) is 1. The molecule has 0 saturated heterocycles. The number of benzene rings is 2. The Morgan fingerprint density at radius 2 is 1.86 bits per heavy atom. The van der Waals surface area contributed by atoms with E-state index in [4.69, 9.17) is 0 Å². The van der Waals surface area contributed by atoms with Gasteiger partial charge < -0.3 is 5.32 Å². The predicted molar refractivity (Wildman–Crippen MR) is 96.4 cm³/mol. The van der Waals surface area contributed by atoms with Crippen LogP contribution in [-0.2, 0) is 4.79 Å². The maximum absolute atomic E-state index is 11.9. The number of allylic oxidation sites excluding steroid dienone is 2. The molecule has 1 N–H and O–H groups in total. The summed E-state index contributed by atoms with van der Waals surface area (Å²) in [4.78, 5) is 11.9. The van der Waals surface area contributed by atoms with Crippen LogP contribution >= 0.6 is 22.6 Å². The fourth-order valence-electron chi connectivity index (χ4n) is 2.93. The van der Waals surface area contributed by atoms with Gasteiger partial charge in [-0.25, -0.2) is 0 Å². The number of rotatable bonds is 2. The van der Waals surface area contributed by atoms with Crippen molar-refractivity contribution in [3.8, 4) is 0 Å². The summed E-state index contributed by atoms with van der Waals surface area (Å²) in [6.07, 6.45) is 3.30. The minimum Gasteiger partial charge on any atom is -0.358 e. The molecule has 21 heavy (non-hydrogen) atoms. The summed E-state index contributed by atoms with van der Waals surface area (Å²) in [5, 5.41) is 5.94. The van der Waals surface area contributed by atoms with Crippen molar-refractivity contribution in [3.05, 3.63) is 51.7 Å². The molecule has 1 aliphatic carbocycles. The molecular weight excluding hydrogens is 373 g/mol. The molecule has 0 aliphatic heterocycles. The van der Waals surface area contributed by atoms with Gasteiger partial charge in [0.15, 0.2) is 5.78 Å². The van der Waals surface area contributed by atoms with E-state index >= 15 is 0 Å². The van der Waals surface area contributed by atoms with Crippen molar-refractivity contribution in [1.82, 2.24) is 0 Å². The average molecular weight is 391 g/mol. The third-order valence-corrected chi connectivity index (χ3v) is 4.98. The maximum Gasteiger partial charge on any atom is 0.157 e. The predicted octanol–water partition coefficient (Wildman–Crippen LogP) is 5.13. The number of anilines is 1. The van der Waals surface area contributed by atoms with E-state index < -0.39 is 0 Å². The number of carbonyl (C=O) groups is 1. The number of halogens is 1. The molecule has 0 radical (unpaired) electrons. The lowest BCUT2D eigenvalue weighted by Gasteiger charge is -2.29. The van der Waals surface area contributed by atoms with Gasteiger partial charge in [-0.15, -0.1) is 0 Å². The van der Waals surface area contributed by atoms with Crippen molar-refractivity contribution >= 4 is 44.8 Å². The van der Waals surface area contributed by atoms with Crippen LogP contribution in [0, 0.1) is 8.99 Å². The van der Waals surface area contributed by atoms with Crippen LogP contribution in [0.1, 0.15) is 26.7 Å². The molecule has 2 aromatic carbocycles. The Labute approximate surface area is 138 Å². The monoisotopic (exact) mass is 391 g/mol. The number of carbonyl (C=O) groups excluding carboxylic acids is 1. The van der Waals surface area contributed by atoms with Crippen molar-refractivity contribution in [2.75, 3.05) is 5.32 Å². The summed E-state index contributed by atoms with van der Waals surface area (Å²) < 4.78 is 1.20. The van der Waals surface area contributed by atoms with Gasteiger partial charge in [0, 0.05) is 21.8 Å². The van der Waals surface area contributed by atoms with E-state index in [0.717, 1.165) is 17.8 Å². The van der Waals surface area contributed by atoms with Crippen LogP contribution in [0.25, 0.3) is 10.8 Å². The fourth-order valence-corrected chi connectivity index (χ4v) is 3.74. The van der Waals surface area contributed by atoms with Gasteiger partial charge >= 0.3 is 0 Å². The van der Waals surface area contributed by atoms with Crippen LogP contribution in [0.4, 0.5) is 5.69 Å².